The maximum absolute atomic E-state index is 12.7. The minimum Gasteiger partial charge on any atom is -0.454 e. The highest BCUT2D eigenvalue weighted by atomic mass is 32.2. The van der Waals surface area contributed by atoms with E-state index in [1.54, 1.807) is 6.07 Å². The number of thioether (sulfide) groups is 1. The molecule has 2 aliphatic rings. The number of amides is 1. The number of ether oxygens (including phenoxy) is 2. The van der Waals surface area contributed by atoms with Crippen molar-refractivity contribution in [2.24, 2.45) is 0 Å². The number of rotatable bonds is 4. The molecule has 4 rings (SSSR count). The first-order valence-electron chi connectivity index (χ1n) is 8.27. The first kappa shape index (κ1) is 15.4. The summed E-state index contributed by atoms with van der Waals surface area (Å²) in [6.45, 7) is 0.160. The van der Waals surface area contributed by atoms with Gasteiger partial charge in [0.25, 0.3) is 5.91 Å². The summed E-state index contributed by atoms with van der Waals surface area (Å²) in [5.41, 5.74) is 1.36. The van der Waals surface area contributed by atoms with Crippen LogP contribution in [0.2, 0.25) is 0 Å². The quantitative estimate of drug-likeness (QED) is 0.875. The monoisotopic (exact) mass is 341 g/mol. The molecule has 1 aliphatic heterocycles. The van der Waals surface area contributed by atoms with Crippen LogP contribution in [0.5, 0.6) is 11.5 Å². The average molecular weight is 341 g/mol. The predicted molar refractivity (Wildman–Crippen MR) is 95.1 cm³/mol. The molecular weight excluding hydrogens is 322 g/mol. The summed E-state index contributed by atoms with van der Waals surface area (Å²) in [4.78, 5) is 13.8. The van der Waals surface area contributed by atoms with Gasteiger partial charge in [-0.3, -0.25) is 4.79 Å². The number of para-hydroxylation sites is 2. The van der Waals surface area contributed by atoms with E-state index in [0.29, 0.717) is 22.3 Å². The fraction of sp³-hybridized carbons (Fsp3) is 0.316. The Hall–Kier alpha value is -2.14. The molecule has 0 bridgehead atoms. The van der Waals surface area contributed by atoms with Gasteiger partial charge in [-0.05, 0) is 37.1 Å². The van der Waals surface area contributed by atoms with Crippen LogP contribution in [0, 0.1) is 0 Å². The van der Waals surface area contributed by atoms with Crippen LogP contribution >= 0.6 is 11.8 Å². The number of anilines is 1. The predicted octanol–water partition coefficient (Wildman–Crippen LogP) is 4.70. The van der Waals surface area contributed by atoms with Gasteiger partial charge in [-0.15, -0.1) is 11.8 Å². The van der Waals surface area contributed by atoms with E-state index in [1.807, 2.05) is 42.1 Å². The fourth-order valence-electron chi connectivity index (χ4n) is 3.16. The number of carbonyl (C=O) groups excluding carboxylic acids is 1. The van der Waals surface area contributed by atoms with Crippen molar-refractivity contribution in [3.63, 3.8) is 0 Å². The molecule has 4 nitrogen and oxygen atoms in total. The van der Waals surface area contributed by atoms with Gasteiger partial charge >= 0.3 is 0 Å². The van der Waals surface area contributed by atoms with Gasteiger partial charge in [0.05, 0.1) is 11.3 Å². The van der Waals surface area contributed by atoms with E-state index in [0.717, 1.165) is 10.6 Å². The molecule has 1 fully saturated rings. The normalized spacial score (nSPS) is 16.3. The van der Waals surface area contributed by atoms with E-state index in [9.17, 15) is 4.79 Å². The number of carbonyl (C=O) groups is 1. The van der Waals surface area contributed by atoms with Crippen molar-refractivity contribution < 1.29 is 14.3 Å². The van der Waals surface area contributed by atoms with E-state index in [4.69, 9.17) is 9.47 Å². The highest BCUT2D eigenvalue weighted by molar-refractivity contribution is 8.00. The summed E-state index contributed by atoms with van der Waals surface area (Å²) >= 11 is 1.87. The third kappa shape index (κ3) is 3.08. The Morgan fingerprint density at radius 3 is 2.75 bits per heavy atom. The summed E-state index contributed by atoms with van der Waals surface area (Å²) in [6.07, 6.45) is 5.12. The van der Waals surface area contributed by atoms with Gasteiger partial charge in [-0.1, -0.05) is 31.0 Å². The molecule has 1 saturated carbocycles. The Bertz CT molecular complexity index is 756. The lowest BCUT2D eigenvalue weighted by Crippen LogP contribution is -2.13. The lowest BCUT2D eigenvalue weighted by Gasteiger charge is -2.14. The first-order valence-corrected chi connectivity index (χ1v) is 9.15. The molecule has 0 radical (unpaired) electrons. The number of benzene rings is 2. The smallest absolute Gasteiger partial charge is 0.259 e. The van der Waals surface area contributed by atoms with Crippen LogP contribution in [0.25, 0.3) is 0 Å². The molecule has 0 atom stereocenters. The summed E-state index contributed by atoms with van der Waals surface area (Å²) < 4.78 is 10.8. The second-order valence-electron chi connectivity index (χ2n) is 6.01. The maximum Gasteiger partial charge on any atom is 0.259 e. The zero-order valence-corrected chi connectivity index (χ0v) is 14.1. The zero-order valence-electron chi connectivity index (χ0n) is 13.3. The van der Waals surface area contributed by atoms with Crippen LogP contribution in [0.15, 0.2) is 47.4 Å². The van der Waals surface area contributed by atoms with E-state index < -0.39 is 0 Å². The lowest BCUT2D eigenvalue weighted by molar-refractivity contribution is 0.102. The Labute approximate surface area is 145 Å². The maximum atomic E-state index is 12.7. The van der Waals surface area contributed by atoms with Crippen molar-refractivity contribution in [1.29, 1.82) is 0 Å². The van der Waals surface area contributed by atoms with Gasteiger partial charge in [0.1, 0.15) is 0 Å². The van der Waals surface area contributed by atoms with Crippen LogP contribution in [-0.2, 0) is 0 Å². The Balaban J connectivity index is 1.55. The van der Waals surface area contributed by atoms with E-state index in [1.165, 1.54) is 25.7 Å². The minimum absolute atomic E-state index is 0.160. The third-order valence-electron chi connectivity index (χ3n) is 4.37. The molecular formula is C19H19NO3S. The van der Waals surface area contributed by atoms with Gasteiger partial charge in [-0.2, -0.15) is 0 Å². The highest BCUT2D eigenvalue weighted by Crippen LogP contribution is 2.39. The van der Waals surface area contributed by atoms with Crippen LogP contribution in [0.1, 0.15) is 36.0 Å². The van der Waals surface area contributed by atoms with E-state index in [-0.39, 0.29) is 12.7 Å². The van der Waals surface area contributed by atoms with Crippen LogP contribution in [0.4, 0.5) is 5.69 Å². The van der Waals surface area contributed by atoms with Crippen molar-refractivity contribution in [3.05, 3.63) is 48.0 Å². The van der Waals surface area contributed by atoms with Crippen molar-refractivity contribution in [2.75, 3.05) is 12.1 Å². The van der Waals surface area contributed by atoms with Gasteiger partial charge in [-0.25, -0.2) is 0 Å². The van der Waals surface area contributed by atoms with E-state index in [2.05, 4.69) is 11.4 Å². The summed E-state index contributed by atoms with van der Waals surface area (Å²) in [5, 5.41) is 3.69. The highest BCUT2D eigenvalue weighted by Gasteiger charge is 2.23. The average Bonchev–Trinajstić information content (AvgIpc) is 3.27. The zero-order chi connectivity index (χ0) is 16.4. The first-order chi connectivity index (χ1) is 11.8. The Morgan fingerprint density at radius 2 is 1.88 bits per heavy atom. The van der Waals surface area contributed by atoms with Crippen molar-refractivity contribution in [1.82, 2.24) is 0 Å². The van der Waals surface area contributed by atoms with Crippen molar-refractivity contribution >= 4 is 23.4 Å². The SMILES string of the molecule is O=C(Nc1ccccc1SC1CCCC1)c1cccc2c1OCO2. The molecule has 2 aromatic carbocycles. The molecule has 0 spiro atoms. The molecule has 2 aromatic rings. The van der Waals surface area contributed by atoms with Gasteiger partial charge in [0.15, 0.2) is 11.5 Å². The molecule has 5 heteroatoms. The van der Waals surface area contributed by atoms with E-state index >= 15 is 0 Å². The van der Waals surface area contributed by atoms with Crippen LogP contribution < -0.4 is 14.8 Å². The van der Waals surface area contributed by atoms with Crippen molar-refractivity contribution in [2.45, 2.75) is 35.8 Å². The summed E-state index contributed by atoms with van der Waals surface area (Å²) in [6, 6.07) is 13.4. The second kappa shape index (κ2) is 6.77. The molecule has 0 aromatic heterocycles. The standard InChI is InChI=1S/C19H19NO3S/c21-19(14-8-5-10-16-18(14)23-12-22-16)20-15-9-3-4-11-17(15)24-13-6-1-2-7-13/h3-5,8-11,13H,1-2,6-7,12H2,(H,20,21). The molecule has 1 heterocycles. The van der Waals surface area contributed by atoms with Crippen LogP contribution in [-0.4, -0.2) is 18.0 Å². The van der Waals surface area contributed by atoms with Gasteiger partial charge in [0.2, 0.25) is 6.79 Å². The fourth-order valence-corrected chi connectivity index (χ4v) is 4.49. The number of hydrogen-bond donors (Lipinski definition) is 1. The molecule has 0 unspecified atom stereocenters. The topological polar surface area (TPSA) is 47.6 Å². The molecule has 1 amide bonds. The summed E-state index contributed by atoms with van der Waals surface area (Å²) in [5.74, 6) is 0.976. The van der Waals surface area contributed by atoms with Crippen LogP contribution in [0.3, 0.4) is 0 Å². The molecule has 1 aliphatic carbocycles. The second-order valence-corrected chi connectivity index (χ2v) is 7.36. The molecule has 24 heavy (non-hydrogen) atoms. The van der Waals surface area contributed by atoms with Crippen molar-refractivity contribution in [3.8, 4) is 11.5 Å². The van der Waals surface area contributed by atoms with Gasteiger partial charge in [0, 0.05) is 10.1 Å². The number of nitrogens with one attached hydrogen (secondary N) is 1. The molecule has 0 saturated heterocycles. The van der Waals surface area contributed by atoms with Gasteiger partial charge < -0.3 is 14.8 Å². The minimum atomic E-state index is -0.170. The lowest BCUT2D eigenvalue weighted by atomic mass is 10.1. The molecule has 1 N–H and O–H groups in total. The Morgan fingerprint density at radius 1 is 1.04 bits per heavy atom. The summed E-state index contributed by atoms with van der Waals surface area (Å²) in [7, 11) is 0. The Kier molecular flexibility index (Phi) is 4.34. The number of fused-ring (bicyclic) bond motifs is 1. The number of hydrogen-bond acceptors (Lipinski definition) is 4. The molecule has 124 valence electrons. The third-order valence-corrected chi connectivity index (χ3v) is 5.79. The largest absolute Gasteiger partial charge is 0.454 e.